The fraction of sp³-hybridized carbons (Fsp3) is 0.231. The minimum absolute atomic E-state index is 0.0995. The van der Waals surface area contributed by atoms with Gasteiger partial charge in [0.25, 0.3) is 0 Å². The molecule has 1 N–H and O–H groups in total. The van der Waals surface area contributed by atoms with Crippen molar-refractivity contribution in [2.75, 3.05) is 12.4 Å². The van der Waals surface area contributed by atoms with Gasteiger partial charge in [0.05, 0.1) is 12.6 Å². The van der Waals surface area contributed by atoms with Crippen LogP contribution >= 0.6 is 11.6 Å². The summed E-state index contributed by atoms with van der Waals surface area (Å²) in [6.45, 7) is 6.55. The molecule has 3 aromatic rings. The summed E-state index contributed by atoms with van der Waals surface area (Å²) >= 11 is 6.35. The van der Waals surface area contributed by atoms with E-state index in [0.717, 1.165) is 33.9 Å². The third-order valence-electron chi connectivity index (χ3n) is 5.83. The largest absolute Gasteiger partial charge is 0.497 e. The first-order chi connectivity index (χ1) is 14.4. The average molecular weight is 418 g/mol. The van der Waals surface area contributed by atoms with Crippen molar-refractivity contribution >= 4 is 22.9 Å². The van der Waals surface area contributed by atoms with Crippen molar-refractivity contribution in [3.05, 3.63) is 82.4 Å². The van der Waals surface area contributed by atoms with Crippen molar-refractivity contribution in [2.45, 2.75) is 32.4 Å². The molecule has 4 heteroatoms. The van der Waals surface area contributed by atoms with Gasteiger partial charge in [0, 0.05) is 27.4 Å². The Hall–Kier alpha value is -2.91. The van der Waals surface area contributed by atoms with E-state index in [0.29, 0.717) is 5.02 Å². The first-order valence-corrected chi connectivity index (χ1v) is 10.5. The maximum Gasteiger partial charge on any atom is 0.150 e. The lowest BCUT2D eigenvalue weighted by Gasteiger charge is -2.37. The molecule has 0 saturated heterocycles. The first kappa shape index (κ1) is 19.1. The second kappa shape index (κ2) is 6.82. The molecule has 0 saturated carbocycles. The van der Waals surface area contributed by atoms with Gasteiger partial charge in [-0.1, -0.05) is 35.9 Å². The van der Waals surface area contributed by atoms with E-state index in [1.807, 2.05) is 30.3 Å². The van der Waals surface area contributed by atoms with E-state index in [9.17, 15) is 0 Å². The number of hydrogen-bond donors (Lipinski definition) is 1. The van der Waals surface area contributed by atoms with Crippen molar-refractivity contribution < 1.29 is 9.47 Å². The van der Waals surface area contributed by atoms with E-state index in [1.165, 1.54) is 16.7 Å². The highest BCUT2D eigenvalue weighted by molar-refractivity contribution is 6.31. The fourth-order valence-corrected chi connectivity index (χ4v) is 4.84. The second-order valence-corrected chi connectivity index (χ2v) is 8.97. The summed E-state index contributed by atoms with van der Waals surface area (Å²) < 4.78 is 11.9. The molecule has 0 bridgehead atoms. The van der Waals surface area contributed by atoms with Crippen molar-refractivity contribution in [3.63, 3.8) is 0 Å². The minimum Gasteiger partial charge on any atom is -0.497 e. The lowest BCUT2D eigenvalue weighted by atomic mass is 9.80. The van der Waals surface area contributed by atoms with Crippen molar-refractivity contribution in [1.82, 2.24) is 0 Å². The van der Waals surface area contributed by atoms with Crippen molar-refractivity contribution in [3.8, 4) is 22.6 Å². The maximum absolute atomic E-state index is 6.58. The molecule has 2 aliphatic rings. The molecule has 0 fully saturated rings. The second-order valence-electron chi connectivity index (χ2n) is 8.53. The van der Waals surface area contributed by atoms with Crippen LogP contribution in [0.4, 0.5) is 5.69 Å². The Bertz CT molecular complexity index is 1180. The Balaban J connectivity index is 1.78. The summed E-state index contributed by atoms with van der Waals surface area (Å²) in [4.78, 5) is 0. The highest BCUT2D eigenvalue weighted by atomic mass is 35.5. The van der Waals surface area contributed by atoms with Gasteiger partial charge < -0.3 is 14.8 Å². The molecule has 0 spiro atoms. The number of hydrogen-bond acceptors (Lipinski definition) is 3. The standard InChI is InChI=1S/C26H24ClNO2/c1-15-14-26(2,3)28-21-11-10-19-20-13-17(27)7-12-22(20)30-25(24(19)23(15)21)16-5-8-18(29-4)9-6-16/h5-14,25,28H,1-4H3/t25-/m1/s1. The van der Waals surface area contributed by atoms with E-state index >= 15 is 0 Å². The van der Waals surface area contributed by atoms with Gasteiger partial charge in [0.15, 0.2) is 6.10 Å². The number of halogens is 1. The minimum atomic E-state index is -0.221. The Morgan fingerprint density at radius 1 is 1.00 bits per heavy atom. The van der Waals surface area contributed by atoms with Gasteiger partial charge in [-0.05, 0) is 73.9 Å². The average Bonchev–Trinajstić information content (AvgIpc) is 2.72. The molecule has 0 aromatic heterocycles. The Morgan fingerprint density at radius 3 is 2.50 bits per heavy atom. The number of rotatable bonds is 2. The number of methoxy groups -OCH3 is 1. The molecule has 3 nitrogen and oxygen atoms in total. The van der Waals surface area contributed by atoms with Crippen molar-refractivity contribution in [1.29, 1.82) is 0 Å². The van der Waals surface area contributed by atoms with Crippen LogP contribution in [0.25, 0.3) is 16.7 Å². The van der Waals surface area contributed by atoms with Crippen LogP contribution in [0, 0.1) is 0 Å². The molecule has 1 atom stereocenters. The Morgan fingerprint density at radius 2 is 1.77 bits per heavy atom. The van der Waals surface area contributed by atoms with E-state index in [2.05, 4.69) is 56.4 Å². The highest BCUT2D eigenvalue weighted by Gasteiger charge is 2.34. The zero-order valence-corrected chi connectivity index (χ0v) is 18.3. The summed E-state index contributed by atoms with van der Waals surface area (Å²) in [7, 11) is 1.68. The molecule has 0 unspecified atom stereocenters. The van der Waals surface area contributed by atoms with Gasteiger partial charge >= 0.3 is 0 Å². The molecule has 5 rings (SSSR count). The molecular weight excluding hydrogens is 394 g/mol. The third kappa shape index (κ3) is 3.05. The summed E-state index contributed by atoms with van der Waals surface area (Å²) in [5.41, 5.74) is 7.93. The van der Waals surface area contributed by atoms with Crippen LogP contribution in [-0.4, -0.2) is 12.6 Å². The number of anilines is 1. The topological polar surface area (TPSA) is 30.5 Å². The van der Waals surface area contributed by atoms with Crippen LogP contribution in [0.15, 0.2) is 60.7 Å². The van der Waals surface area contributed by atoms with Crippen LogP contribution in [-0.2, 0) is 0 Å². The predicted octanol–water partition coefficient (Wildman–Crippen LogP) is 7.10. The zero-order valence-electron chi connectivity index (χ0n) is 17.5. The maximum atomic E-state index is 6.58. The lowest BCUT2D eigenvalue weighted by molar-refractivity contribution is 0.243. The monoisotopic (exact) mass is 417 g/mol. The lowest BCUT2D eigenvalue weighted by Crippen LogP contribution is -2.32. The SMILES string of the molecule is COc1ccc([C@H]2Oc3ccc(Cl)cc3-c3ccc4c(c32)C(C)=CC(C)(C)N4)cc1. The summed E-state index contributed by atoms with van der Waals surface area (Å²) in [6, 6.07) is 18.3. The predicted molar refractivity (Wildman–Crippen MR) is 124 cm³/mol. The molecule has 2 aliphatic heterocycles. The Kier molecular flexibility index (Phi) is 4.33. The molecular formula is C26H24ClNO2. The van der Waals surface area contributed by atoms with Gasteiger partial charge in [-0.25, -0.2) is 0 Å². The van der Waals surface area contributed by atoms with Gasteiger partial charge in [0.2, 0.25) is 0 Å². The van der Waals surface area contributed by atoms with E-state index in [-0.39, 0.29) is 11.6 Å². The van der Waals surface area contributed by atoms with E-state index < -0.39 is 0 Å². The van der Waals surface area contributed by atoms with E-state index in [1.54, 1.807) is 7.11 Å². The van der Waals surface area contributed by atoms with Crippen molar-refractivity contribution in [2.24, 2.45) is 0 Å². The number of nitrogens with one attached hydrogen (secondary N) is 1. The van der Waals surface area contributed by atoms with Crippen LogP contribution in [0.5, 0.6) is 11.5 Å². The fourth-order valence-electron chi connectivity index (χ4n) is 4.67. The molecule has 152 valence electrons. The molecule has 3 aromatic carbocycles. The molecule has 0 radical (unpaired) electrons. The van der Waals surface area contributed by atoms with Gasteiger partial charge in [0.1, 0.15) is 11.5 Å². The van der Waals surface area contributed by atoms with Gasteiger partial charge in [-0.2, -0.15) is 0 Å². The van der Waals surface area contributed by atoms with Crippen LogP contribution in [0.2, 0.25) is 5.02 Å². The number of allylic oxidation sites excluding steroid dienone is 1. The Labute approximate surface area is 182 Å². The molecule has 0 amide bonds. The quantitative estimate of drug-likeness (QED) is 0.482. The summed E-state index contributed by atoms with van der Waals surface area (Å²) in [5.74, 6) is 1.68. The smallest absolute Gasteiger partial charge is 0.150 e. The molecule has 0 aliphatic carbocycles. The number of ether oxygens (including phenoxy) is 2. The zero-order chi connectivity index (χ0) is 21.0. The number of benzene rings is 3. The number of fused-ring (bicyclic) bond motifs is 5. The normalized spacial score (nSPS) is 18.2. The van der Waals surface area contributed by atoms with Gasteiger partial charge in [-0.15, -0.1) is 0 Å². The van der Waals surface area contributed by atoms with Crippen LogP contribution in [0.1, 0.15) is 43.6 Å². The first-order valence-electron chi connectivity index (χ1n) is 10.1. The van der Waals surface area contributed by atoms with Crippen LogP contribution < -0.4 is 14.8 Å². The summed E-state index contributed by atoms with van der Waals surface area (Å²) in [5, 5.41) is 4.37. The molecule has 30 heavy (non-hydrogen) atoms. The van der Waals surface area contributed by atoms with E-state index in [4.69, 9.17) is 21.1 Å². The summed E-state index contributed by atoms with van der Waals surface area (Å²) in [6.07, 6.45) is 2.06. The van der Waals surface area contributed by atoms with Crippen LogP contribution in [0.3, 0.4) is 0 Å². The third-order valence-corrected chi connectivity index (χ3v) is 6.07. The van der Waals surface area contributed by atoms with Gasteiger partial charge in [-0.3, -0.25) is 0 Å². The molecule has 2 heterocycles. The highest BCUT2D eigenvalue weighted by Crippen LogP contribution is 2.51.